The molecule has 0 aliphatic heterocycles. The second kappa shape index (κ2) is 4.90. The standard InChI is InChI=1S/C9H16N4O2/c1-6(5-14)12-9(15)8(10)7-3-11-13(2)4-7/h3-4,6,8,14H,5,10H2,1-2H3,(H,12,15)/t6-,8?/m1/s1. The van der Waals surface area contributed by atoms with Gasteiger partial charge in [-0.1, -0.05) is 0 Å². The molecule has 1 heterocycles. The van der Waals surface area contributed by atoms with Crippen LogP contribution in [0.3, 0.4) is 0 Å². The van der Waals surface area contributed by atoms with Crippen LogP contribution in [0, 0.1) is 0 Å². The van der Waals surface area contributed by atoms with Crippen molar-refractivity contribution in [2.45, 2.75) is 19.0 Å². The summed E-state index contributed by atoms with van der Waals surface area (Å²) in [5.41, 5.74) is 6.36. The molecule has 15 heavy (non-hydrogen) atoms. The zero-order valence-electron chi connectivity index (χ0n) is 8.84. The number of aromatic nitrogens is 2. The number of amides is 1. The Morgan fingerprint density at radius 1 is 1.80 bits per heavy atom. The number of aliphatic hydroxyl groups is 1. The lowest BCUT2D eigenvalue weighted by Crippen LogP contribution is -2.40. The highest BCUT2D eigenvalue weighted by molar-refractivity contribution is 5.83. The minimum Gasteiger partial charge on any atom is -0.394 e. The van der Waals surface area contributed by atoms with Gasteiger partial charge in [0.15, 0.2) is 0 Å². The lowest BCUT2D eigenvalue weighted by Gasteiger charge is -2.14. The topological polar surface area (TPSA) is 93.2 Å². The fraction of sp³-hybridized carbons (Fsp3) is 0.556. The molecule has 0 radical (unpaired) electrons. The molecule has 1 rings (SSSR count). The molecule has 1 aromatic heterocycles. The van der Waals surface area contributed by atoms with Crippen LogP contribution in [0.5, 0.6) is 0 Å². The second-order valence-electron chi connectivity index (χ2n) is 3.52. The molecule has 0 spiro atoms. The Hall–Kier alpha value is -1.40. The van der Waals surface area contributed by atoms with Crippen LogP contribution in [0.25, 0.3) is 0 Å². The number of hydrogen-bond acceptors (Lipinski definition) is 4. The van der Waals surface area contributed by atoms with E-state index in [1.165, 1.54) is 0 Å². The first-order valence-electron chi connectivity index (χ1n) is 4.70. The summed E-state index contributed by atoms with van der Waals surface area (Å²) in [6.45, 7) is 1.60. The van der Waals surface area contributed by atoms with E-state index >= 15 is 0 Å². The maximum atomic E-state index is 11.5. The average Bonchev–Trinajstić information content (AvgIpc) is 2.63. The summed E-state index contributed by atoms with van der Waals surface area (Å²) in [6, 6.07) is -1.03. The minimum atomic E-state index is -0.743. The predicted octanol–water partition coefficient (Wildman–Crippen LogP) is -1.08. The van der Waals surface area contributed by atoms with Crippen molar-refractivity contribution in [3.63, 3.8) is 0 Å². The van der Waals surface area contributed by atoms with Crippen LogP contribution >= 0.6 is 0 Å². The Morgan fingerprint density at radius 3 is 2.93 bits per heavy atom. The van der Waals surface area contributed by atoms with Gasteiger partial charge in [-0.2, -0.15) is 5.10 Å². The van der Waals surface area contributed by atoms with Gasteiger partial charge in [0.2, 0.25) is 5.91 Å². The van der Waals surface area contributed by atoms with Crippen molar-refractivity contribution in [1.29, 1.82) is 0 Å². The van der Waals surface area contributed by atoms with Crippen molar-refractivity contribution >= 4 is 5.91 Å². The third-order valence-corrected chi connectivity index (χ3v) is 2.03. The molecule has 6 heteroatoms. The third kappa shape index (κ3) is 3.03. The molecule has 1 amide bonds. The van der Waals surface area contributed by atoms with Crippen molar-refractivity contribution in [2.24, 2.45) is 12.8 Å². The van der Waals surface area contributed by atoms with Gasteiger partial charge in [-0.25, -0.2) is 0 Å². The average molecular weight is 212 g/mol. The van der Waals surface area contributed by atoms with E-state index in [0.717, 1.165) is 0 Å². The summed E-state index contributed by atoms with van der Waals surface area (Å²) in [5, 5.41) is 15.3. The zero-order valence-corrected chi connectivity index (χ0v) is 8.84. The number of carbonyl (C=O) groups is 1. The third-order valence-electron chi connectivity index (χ3n) is 2.03. The Bertz CT molecular complexity index is 337. The SMILES string of the molecule is C[C@H](CO)NC(=O)C(N)c1cnn(C)c1. The summed E-state index contributed by atoms with van der Waals surface area (Å²) in [7, 11) is 1.75. The molecular formula is C9H16N4O2. The number of nitrogens with two attached hydrogens (primary N) is 1. The van der Waals surface area contributed by atoms with Crippen LogP contribution in [-0.2, 0) is 11.8 Å². The molecule has 1 unspecified atom stereocenters. The van der Waals surface area contributed by atoms with E-state index in [9.17, 15) is 4.79 Å². The summed E-state index contributed by atoms with van der Waals surface area (Å²) in [4.78, 5) is 11.5. The first-order chi connectivity index (χ1) is 7.04. The second-order valence-corrected chi connectivity index (χ2v) is 3.52. The summed E-state index contributed by atoms with van der Waals surface area (Å²) in [5.74, 6) is -0.315. The van der Waals surface area contributed by atoms with Crippen LogP contribution in [0.4, 0.5) is 0 Å². The Labute approximate surface area is 88.1 Å². The van der Waals surface area contributed by atoms with Gasteiger partial charge >= 0.3 is 0 Å². The van der Waals surface area contributed by atoms with Crippen LogP contribution in [0.1, 0.15) is 18.5 Å². The molecule has 0 aromatic carbocycles. The van der Waals surface area contributed by atoms with E-state index in [1.54, 1.807) is 31.0 Å². The molecule has 0 fully saturated rings. The highest BCUT2D eigenvalue weighted by atomic mass is 16.3. The molecule has 84 valence electrons. The summed E-state index contributed by atoms with van der Waals surface area (Å²) < 4.78 is 1.58. The van der Waals surface area contributed by atoms with Crippen LogP contribution in [-0.4, -0.2) is 33.4 Å². The quantitative estimate of drug-likeness (QED) is 0.591. The lowest BCUT2D eigenvalue weighted by atomic mass is 10.1. The van der Waals surface area contributed by atoms with Crippen molar-refractivity contribution in [2.75, 3.05) is 6.61 Å². The van der Waals surface area contributed by atoms with Gasteiger partial charge in [0.05, 0.1) is 12.8 Å². The van der Waals surface area contributed by atoms with E-state index in [2.05, 4.69) is 10.4 Å². The van der Waals surface area contributed by atoms with Crippen LogP contribution in [0.2, 0.25) is 0 Å². The summed E-state index contributed by atoms with van der Waals surface area (Å²) in [6.07, 6.45) is 3.24. The van der Waals surface area contributed by atoms with Crippen molar-refractivity contribution in [3.05, 3.63) is 18.0 Å². The van der Waals surface area contributed by atoms with Crippen LogP contribution in [0.15, 0.2) is 12.4 Å². The normalized spacial score (nSPS) is 14.7. The molecule has 4 N–H and O–H groups in total. The van der Waals surface area contributed by atoms with Gasteiger partial charge in [-0.15, -0.1) is 0 Å². The molecule has 1 aromatic rings. The number of aryl methyl sites for hydroxylation is 1. The highest BCUT2D eigenvalue weighted by Crippen LogP contribution is 2.08. The molecule has 0 bridgehead atoms. The maximum absolute atomic E-state index is 11.5. The maximum Gasteiger partial charge on any atom is 0.241 e. The zero-order chi connectivity index (χ0) is 11.4. The highest BCUT2D eigenvalue weighted by Gasteiger charge is 2.18. The number of rotatable bonds is 4. The van der Waals surface area contributed by atoms with Crippen molar-refractivity contribution < 1.29 is 9.90 Å². The van der Waals surface area contributed by atoms with Crippen molar-refractivity contribution in [1.82, 2.24) is 15.1 Å². The molecule has 0 saturated carbocycles. The fourth-order valence-electron chi connectivity index (χ4n) is 1.13. The van der Waals surface area contributed by atoms with Crippen LogP contribution < -0.4 is 11.1 Å². The number of carbonyl (C=O) groups excluding carboxylic acids is 1. The van der Waals surface area contributed by atoms with Crippen molar-refractivity contribution in [3.8, 4) is 0 Å². The largest absolute Gasteiger partial charge is 0.394 e. The molecule has 6 nitrogen and oxygen atoms in total. The molecule has 0 aliphatic rings. The molecule has 0 saturated heterocycles. The Kier molecular flexibility index (Phi) is 3.81. The predicted molar refractivity (Wildman–Crippen MR) is 54.8 cm³/mol. The van der Waals surface area contributed by atoms with Gasteiger partial charge in [0, 0.05) is 24.8 Å². The monoisotopic (exact) mass is 212 g/mol. The van der Waals surface area contributed by atoms with E-state index in [1.807, 2.05) is 0 Å². The Balaban J connectivity index is 2.60. The van der Waals surface area contributed by atoms with Gasteiger partial charge < -0.3 is 16.2 Å². The molecular weight excluding hydrogens is 196 g/mol. The van der Waals surface area contributed by atoms with E-state index < -0.39 is 6.04 Å². The fourth-order valence-corrected chi connectivity index (χ4v) is 1.13. The first kappa shape index (κ1) is 11.7. The molecule has 2 atom stereocenters. The number of aliphatic hydroxyl groups excluding tert-OH is 1. The van der Waals surface area contributed by atoms with Gasteiger partial charge in [-0.3, -0.25) is 9.48 Å². The Morgan fingerprint density at radius 2 is 2.47 bits per heavy atom. The van der Waals surface area contributed by atoms with E-state index in [-0.39, 0.29) is 18.6 Å². The number of nitrogens with one attached hydrogen (secondary N) is 1. The van der Waals surface area contributed by atoms with Gasteiger partial charge in [0.1, 0.15) is 6.04 Å². The van der Waals surface area contributed by atoms with Gasteiger partial charge in [-0.05, 0) is 6.92 Å². The first-order valence-corrected chi connectivity index (χ1v) is 4.70. The number of hydrogen-bond donors (Lipinski definition) is 3. The lowest BCUT2D eigenvalue weighted by molar-refractivity contribution is -0.123. The van der Waals surface area contributed by atoms with Gasteiger partial charge in [0.25, 0.3) is 0 Å². The number of nitrogens with zero attached hydrogens (tertiary/aromatic N) is 2. The van der Waals surface area contributed by atoms with E-state index in [4.69, 9.17) is 10.8 Å². The smallest absolute Gasteiger partial charge is 0.241 e. The minimum absolute atomic E-state index is 0.106. The molecule has 0 aliphatic carbocycles. The summed E-state index contributed by atoms with van der Waals surface area (Å²) >= 11 is 0. The van der Waals surface area contributed by atoms with E-state index in [0.29, 0.717) is 5.56 Å².